The molecule has 1 aliphatic rings. The number of carbonyl (C=O) groups excluding carboxylic acids is 1. The van der Waals surface area contributed by atoms with Gasteiger partial charge in [-0.05, 0) is 26.7 Å². The van der Waals surface area contributed by atoms with Crippen LogP contribution in [0.25, 0.3) is 0 Å². The number of hydrogen-bond acceptors (Lipinski definition) is 4. The monoisotopic (exact) mass is 259 g/mol. The Labute approximate surface area is 107 Å². The minimum Gasteiger partial charge on any atom is -0.480 e. The molecule has 1 amide bonds. The Morgan fingerprint density at radius 3 is 2.78 bits per heavy atom. The van der Waals surface area contributed by atoms with Gasteiger partial charge >= 0.3 is 5.97 Å². The number of aliphatic carboxylic acids is 1. The third-order valence-corrected chi connectivity index (χ3v) is 2.97. The van der Waals surface area contributed by atoms with E-state index in [9.17, 15) is 9.59 Å². The van der Waals surface area contributed by atoms with Crippen molar-refractivity contribution in [2.75, 3.05) is 26.4 Å². The van der Waals surface area contributed by atoms with Gasteiger partial charge in [0.25, 0.3) is 5.91 Å². The summed E-state index contributed by atoms with van der Waals surface area (Å²) in [5.41, 5.74) is 0. The van der Waals surface area contributed by atoms with E-state index < -0.39 is 18.1 Å². The predicted molar refractivity (Wildman–Crippen MR) is 64.3 cm³/mol. The van der Waals surface area contributed by atoms with E-state index in [1.165, 1.54) is 4.90 Å². The second-order valence-corrected chi connectivity index (χ2v) is 4.24. The third-order valence-electron chi connectivity index (χ3n) is 2.97. The van der Waals surface area contributed by atoms with Crippen LogP contribution < -0.4 is 0 Å². The molecule has 18 heavy (non-hydrogen) atoms. The molecule has 0 spiro atoms. The maximum absolute atomic E-state index is 12.0. The first-order chi connectivity index (χ1) is 8.57. The largest absolute Gasteiger partial charge is 0.480 e. The van der Waals surface area contributed by atoms with E-state index in [2.05, 4.69) is 0 Å². The number of carboxylic acids is 1. The van der Waals surface area contributed by atoms with Crippen LogP contribution in [0.3, 0.4) is 0 Å². The maximum Gasteiger partial charge on any atom is 0.326 e. The second kappa shape index (κ2) is 7.33. The minimum absolute atomic E-state index is 0.253. The highest BCUT2D eigenvalue weighted by molar-refractivity contribution is 5.86. The van der Waals surface area contributed by atoms with Crippen LogP contribution in [-0.2, 0) is 19.1 Å². The highest BCUT2D eigenvalue weighted by Crippen LogP contribution is 2.19. The summed E-state index contributed by atoms with van der Waals surface area (Å²) in [6, 6.07) is -0.699. The van der Waals surface area contributed by atoms with Crippen molar-refractivity contribution in [2.45, 2.75) is 38.8 Å². The maximum atomic E-state index is 12.0. The summed E-state index contributed by atoms with van der Waals surface area (Å²) >= 11 is 0. The molecule has 0 bridgehead atoms. The van der Waals surface area contributed by atoms with Crippen LogP contribution in [0.4, 0.5) is 0 Å². The molecule has 6 heteroatoms. The number of amides is 1. The van der Waals surface area contributed by atoms with Crippen LogP contribution in [0, 0.1) is 0 Å². The summed E-state index contributed by atoms with van der Waals surface area (Å²) in [5.74, 6) is -1.20. The number of hydrogen-bond donors (Lipinski definition) is 1. The van der Waals surface area contributed by atoms with Crippen LogP contribution in [0.5, 0.6) is 0 Å². The van der Waals surface area contributed by atoms with E-state index in [0.29, 0.717) is 32.8 Å². The first-order valence-corrected chi connectivity index (χ1v) is 6.30. The second-order valence-electron chi connectivity index (χ2n) is 4.24. The SMILES string of the molecule is CCOCCOC(C)C(=O)N1CCCC1C(=O)O. The van der Waals surface area contributed by atoms with Crippen molar-refractivity contribution >= 4 is 11.9 Å². The lowest BCUT2D eigenvalue weighted by Crippen LogP contribution is -2.45. The Morgan fingerprint density at radius 1 is 1.44 bits per heavy atom. The summed E-state index contributed by atoms with van der Waals surface area (Å²) < 4.78 is 10.4. The van der Waals surface area contributed by atoms with Crippen LogP contribution in [0.15, 0.2) is 0 Å². The molecule has 0 aromatic heterocycles. The van der Waals surface area contributed by atoms with Gasteiger partial charge in [-0.25, -0.2) is 4.79 Å². The molecule has 2 atom stereocenters. The van der Waals surface area contributed by atoms with E-state index in [0.717, 1.165) is 6.42 Å². The van der Waals surface area contributed by atoms with Crippen molar-refractivity contribution in [3.05, 3.63) is 0 Å². The van der Waals surface area contributed by atoms with Crippen LogP contribution in [0.1, 0.15) is 26.7 Å². The van der Waals surface area contributed by atoms with Crippen molar-refractivity contribution in [3.63, 3.8) is 0 Å². The Morgan fingerprint density at radius 2 is 2.17 bits per heavy atom. The Bertz CT molecular complexity index is 294. The topological polar surface area (TPSA) is 76.1 Å². The van der Waals surface area contributed by atoms with Gasteiger partial charge in [-0.1, -0.05) is 0 Å². The molecule has 0 aromatic carbocycles. The molecular weight excluding hydrogens is 238 g/mol. The average Bonchev–Trinajstić information content (AvgIpc) is 2.82. The highest BCUT2D eigenvalue weighted by Gasteiger charge is 2.35. The first-order valence-electron chi connectivity index (χ1n) is 6.30. The zero-order valence-electron chi connectivity index (χ0n) is 10.9. The lowest BCUT2D eigenvalue weighted by Gasteiger charge is -2.24. The van der Waals surface area contributed by atoms with Gasteiger partial charge in [0.2, 0.25) is 0 Å². The van der Waals surface area contributed by atoms with Crippen molar-refractivity contribution in [2.24, 2.45) is 0 Å². The van der Waals surface area contributed by atoms with E-state index in [4.69, 9.17) is 14.6 Å². The lowest BCUT2D eigenvalue weighted by molar-refractivity contribution is -0.153. The zero-order chi connectivity index (χ0) is 13.5. The third kappa shape index (κ3) is 3.96. The number of likely N-dealkylation sites (tertiary alicyclic amines) is 1. The summed E-state index contributed by atoms with van der Waals surface area (Å²) in [7, 11) is 0. The average molecular weight is 259 g/mol. The number of ether oxygens (including phenoxy) is 2. The van der Waals surface area contributed by atoms with Gasteiger partial charge in [-0.15, -0.1) is 0 Å². The van der Waals surface area contributed by atoms with Gasteiger partial charge in [0.15, 0.2) is 0 Å². The Hall–Kier alpha value is -1.14. The summed E-state index contributed by atoms with van der Waals surface area (Å²) in [4.78, 5) is 24.4. The molecule has 0 radical (unpaired) electrons. The molecule has 2 unspecified atom stereocenters. The standard InChI is InChI=1S/C12H21NO5/c1-3-17-7-8-18-9(2)11(14)13-6-4-5-10(13)12(15)16/h9-10H,3-8H2,1-2H3,(H,15,16). The van der Waals surface area contributed by atoms with Crippen molar-refractivity contribution in [3.8, 4) is 0 Å². The summed E-state index contributed by atoms with van der Waals surface area (Å²) in [6.07, 6.45) is 0.631. The highest BCUT2D eigenvalue weighted by atomic mass is 16.5. The fraction of sp³-hybridized carbons (Fsp3) is 0.833. The van der Waals surface area contributed by atoms with Gasteiger partial charge in [-0.3, -0.25) is 4.79 Å². The smallest absolute Gasteiger partial charge is 0.326 e. The molecule has 1 fully saturated rings. The summed E-state index contributed by atoms with van der Waals surface area (Å²) in [5, 5.41) is 9.01. The first kappa shape index (κ1) is 14.9. The minimum atomic E-state index is -0.942. The van der Waals surface area contributed by atoms with Gasteiger partial charge in [0, 0.05) is 13.2 Å². The van der Waals surface area contributed by atoms with E-state index >= 15 is 0 Å². The van der Waals surface area contributed by atoms with E-state index in [-0.39, 0.29) is 5.91 Å². The number of nitrogens with zero attached hydrogens (tertiary/aromatic N) is 1. The van der Waals surface area contributed by atoms with Crippen molar-refractivity contribution in [1.82, 2.24) is 4.90 Å². The fourth-order valence-corrected chi connectivity index (χ4v) is 2.02. The van der Waals surface area contributed by atoms with Crippen molar-refractivity contribution < 1.29 is 24.2 Å². The molecule has 1 N–H and O–H groups in total. The molecule has 1 rings (SSSR count). The van der Waals surface area contributed by atoms with Crippen LogP contribution in [0.2, 0.25) is 0 Å². The summed E-state index contributed by atoms with van der Waals surface area (Å²) in [6.45, 7) is 5.42. The number of carboxylic acid groups (broad SMARTS) is 1. The van der Waals surface area contributed by atoms with E-state index in [1.807, 2.05) is 6.92 Å². The molecule has 1 heterocycles. The molecular formula is C12H21NO5. The van der Waals surface area contributed by atoms with E-state index in [1.54, 1.807) is 6.92 Å². The number of carbonyl (C=O) groups is 2. The van der Waals surface area contributed by atoms with Crippen molar-refractivity contribution in [1.29, 1.82) is 0 Å². The lowest BCUT2D eigenvalue weighted by atomic mass is 10.2. The van der Waals surface area contributed by atoms with Gasteiger partial charge in [-0.2, -0.15) is 0 Å². The number of rotatable bonds is 7. The van der Waals surface area contributed by atoms with Gasteiger partial charge in [0.05, 0.1) is 13.2 Å². The van der Waals surface area contributed by atoms with Gasteiger partial charge < -0.3 is 19.5 Å². The zero-order valence-corrected chi connectivity index (χ0v) is 10.9. The molecule has 1 aliphatic heterocycles. The fourth-order valence-electron chi connectivity index (χ4n) is 2.02. The molecule has 0 aliphatic carbocycles. The molecule has 1 saturated heterocycles. The normalized spacial score (nSPS) is 21.0. The molecule has 0 aromatic rings. The quantitative estimate of drug-likeness (QED) is 0.674. The predicted octanol–water partition coefficient (Wildman–Crippen LogP) is 0.504. The van der Waals surface area contributed by atoms with Crippen LogP contribution >= 0.6 is 0 Å². The van der Waals surface area contributed by atoms with Gasteiger partial charge in [0.1, 0.15) is 12.1 Å². The van der Waals surface area contributed by atoms with Crippen LogP contribution in [-0.4, -0.2) is 60.4 Å². The Kier molecular flexibility index (Phi) is 6.07. The molecule has 6 nitrogen and oxygen atoms in total. The molecule has 104 valence electrons. The molecule has 0 saturated carbocycles. The Balaban J connectivity index is 2.40.